The Labute approximate surface area is 102 Å². The second-order valence-electron chi connectivity index (χ2n) is 3.93. The van der Waals surface area contributed by atoms with E-state index in [0.29, 0.717) is 4.70 Å². The summed E-state index contributed by atoms with van der Waals surface area (Å²) in [6.07, 6.45) is 1.46. The molecule has 0 atom stereocenters. The Bertz CT molecular complexity index is 742. The van der Waals surface area contributed by atoms with Crippen molar-refractivity contribution in [1.29, 1.82) is 0 Å². The molecule has 3 nitrogen and oxygen atoms in total. The zero-order valence-corrected chi connectivity index (χ0v) is 10.0. The Hall–Kier alpha value is -1.94. The molecule has 0 aliphatic carbocycles. The van der Waals surface area contributed by atoms with Gasteiger partial charge in [0.1, 0.15) is 4.70 Å². The molecule has 0 saturated carbocycles. The van der Waals surface area contributed by atoms with Crippen molar-refractivity contribution in [3.05, 3.63) is 51.9 Å². The fourth-order valence-corrected chi connectivity index (χ4v) is 2.80. The summed E-state index contributed by atoms with van der Waals surface area (Å²) >= 11 is 1.44. The highest BCUT2D eigenvalue weighted by molar-refractivity contribution is 7.17. The Balaban J connectivity index is 2.32. The number of nitrogens with zero attached hydrogens (tertiary/aromatic N) is 1. The van der Waals surface area contributed by atoms with Gasteiger partial charge < -0.3 is 4.98 Å². The molecule has 0 radical (unpaired) electrons. The summed E-state index contributed by atoms with van der Waals surface area (Å²) in [4.78, 5) is 18.5. The van der Waals surface area contributed by atoms with Crippen molar-refractivity contribution in [1.82, 2.24) is 9.97 Å². The van der Waals surface area contributed by atoms with Crippen LogP contribution in [0, 0.1) is 6.92 Å². The molecule has 4 heteroatoms. The highest BCUT2D eigenvalue weighted by atomic mass is 32.1. The van der Waals surface area contributed by atoms with Crippen LogP contribution in [0.4, 0.5) is 0 Å². The summed E-state index contributed by atoms with van der Waals surface area (Å²) in [6, 6.07) is 8.21. The van der Waals surface area contributed by atoms with Gasteiger partial charge >= 0.3 is 0 Å². The molecule has 0 spiro atoms. The molecule has 3 aromatic rings. The number of rotatable bonds is 1. The van der Waals surface area contributed by atoms with E-state index in [1.165, 1.54) is 23.2 Å². The molecule has 1 aromatic carbocycles. The number of aromatic nitrogens is 2. The standard InChI is InChI=1S/C13H10N2OS/c1-8-3-2-4-9(5-8)10-6-17-12-11(10)14-7-15-13(12)16/h2-7H,1H3,(H,14,15,16). The summed E-state index contributed by atoms with van der Waals surface area (Å²) < 4.78 is 0.684. The SMILES string of the molecule is Cc1cccc(-c2csc3c(=O)[nH]cnc23)c1. The van der Waals surface area contributed by atoms with Gasteiger partial charge in [0, 0.05) is 10.9 Å². The molecule has 0 saturated heterocycles. The third-order valence-corrected chi connectivity index (χ3v) is 3.66. The van der Waals surface area contributed by atoms with Gasteiger partial charge in [0.25, 0.3) is 5.56 Å². The maximum atomic E-state index is 11.6. The number of hydrogen-bond acceptors (Lipinski definition) is 3. The topological polar surface area (TPSA) is 45.8 Å². The minimum atomic E-state index is -0.0705. The third kappa shape index (κ3) is 1.66. The molecule has 84 valence electrons. The van der Waals surface area contributed by atoms with Crippen LogP contribution in [0.15, 0.2) is 40.8 Å². The number of benzene rings is 1. The van der Waals surface area contributed by atoms with Crippen LogP contribution in [0.1, 0.15) is 5.56 Å². The van der Waals surface area contributed by atoms with Crippen LogP contribution in [0.5, 0.6) is 0 Å². The van der Waals surface area contributed by atoms with E-state index < -0.39 is 0 Å². The van der Waals surface area contributed by atoms with Gasteiger partial charge in [-0.1, -0.05) is 29.8 Å². The molecular weight excluding hydrogens is 232 g/mol. The predicted octanol–water partition coefficient (Wildman–Crippen LogP) is 2.96. The average molecular weight is 242 g/mol. The Kier molecular flexibility index (Phi) is 2.30. The number of hydrogen-bond donors (Lipinski definition) is 1. The largest absolute Gasteiger partial charge is 0.312 e. The van der Waals surface area contributed by atoms with Crippen LogP contribution in [0.2, 0.25) is 0 Å². The molecule has 0 aliphatic heterocycles. The van der Waals surface area contributed by atoms with E-state index in [4.69, 9.17) is 0 Å². The van der Waals surface area contributed by atoms with E-state index in [2.05, 4.69) is 29.0 Å². The monoisotopic (exact) mass is 242 g/mol. The molecular formula is C13H10N2OS. The molecule has 2 heterocycles. The molecule has 17 heavy (non-hydrogen) atoms. The van der Waals surface area contributed by atoms with Crippen LogP contribution in [-0.4, -0.2) is 9.97 Å². The second kappa shape index (κ2) is 3.82. The Morgan fingerprint density at radius 1 is 1.35 bits per heavy atom. The van der Waals surface area contributed by atoms with Crippen LogP contribution in [0.25, 0.3) is 21.3 Å². The first-order chi connectivity index (χ1) is 8.25. The van der Waals surface area contributed by atoms with Crippen molar-refractivity contribution in [3.63, 3.8) is 0 Å². The van der Waals surface area contributed by atoms with Gasteiger partial charge in [0.05, 0.1) is 11.8 Å². The number of nitrogens with one attached hydrogen (secondary N) is 1. The van der Waals surface area contributed by atoms with E-state index in [1.807, 2.05) is 17.5 Å². The van der Waals surface area contributed by atoms with Gasteiger partial charge in [-0.2, -0.15) is 0 Å². The average Bonchev–Trinajstić information content (AvgIpc) is 2.74. The Morgan fingerprint density at radius 2 is 2.24 bits per heavy atom. The highest BCUT2D eigenvalue weighted by Gasteiger charge is 2.09. The van der Waals surface area contributed by atoms with Crippen molar-refractivity contribution in [2.75, 3.05) is 0 Å². The first-order valence-electron chi connectivity index (χ1n) is 5.27. The lowest BCUT2D eigenvalue weighted by Crippen LogP contribution is -2.03. The van der Waals surface area contributed by atoms with Gasteiger partial charge in [0.15, 0.2) is 0 Å². The number of aryl methyl sites for hydroxylation is 1. The van der Waals surface area contributed by atoms with E-state index in [1.54, 1.807) is 0 Å². The first-order valence-corrected chi connectivity index (χ1v) is 6.15. The van der Waals surface area contributed by atoms with Crippen LogP contribution >= 0.6 is 11.3 Å². The zero-order valence-electron chi connectivity index (χ0n) is 9.23. The lowest BCUT2D eigenvalue weighted by molar-refractivity contribution is 1.18. The van der Waals surface area contributed by atoms with Crippen LogP contribution < -0.4 is 5.56 Å². The normalized spacial score (nSPS) is 10.9. The number of aromatic amines is 1. The molecule has 0 unspecified atom stereocenters. The van der Waals surface area contributed by atoms with Crippen molar-refractivity contribution < 1.29 is 0 Å². The van der Waals surface area contributed by atoms with Crippen molar-refractivity contribution in [2.45, 2.75) is 6.92 Å². The summed E-state index contributed by atoms with van der Waals surface area (Å²) in [5, 5.41) is 1.99. The highest BCUT2D eigenvalue weighted by Crippen LogP contribution is 2.30. The van der Waals surface area contributed by atoms with Crippen molar-refractivity contribution in [2.24, 2.45) is 0 Å². The minimum absolute atomic E-state index is 0.0705. The van der Waals surface area contributed by atoms with Crippen LogP contribution in [0.3, 0.4) is 0 Å². The number of thiophene rings is 1. The molecule has 1 N–H and O–H groups in total. The maximum Gasteiger partial charge on any atom is 0.268 e. The Morgan fingerprint density at radius 3 is 3.06 bits per heavy atom. The lowest BCUT2D eigenvalue weighted by atomic mass is 10.1. The van der Waals surface area contributed by atoms with E-state index in [-0.39, 0.29) is 5.56 Å². The molecule has 0 bridgehead atoms. The van der Waals surface area contributed by atoms with Gasteiger partial charge in [-0.3, -0.25) is 4.79 Å². The third-order valence-electron chi connectivity index (χ3n) is 2.69. The number of H-pyrrole nitrogens is 1. The van der Waals surface area contributed by atoms with Gasteiger partial charge in [-0.15, -0.1) is 11.3 Å². The summed E-state index contributed by atoms with van der Waals surface area (Å²) in [7, 11) is 0. The molecule has 0 amide bonds. The first kappa shape index (κ1) is 10.2. The second-order valence-corrected chi connectivity index (χ2v) is 4.81. The van der Waals surface area contributed by atoms with E-state index in [9.17, 15) is 4.79 Å². The van der Waals surface area contributed by atoms with Gasteiger partial charge in [-0.25, -0.2) is 4.98 Å². The quantitative estimate of drug-likeness (QED) is 0.713. The maximum absolute atomic E-state index is 11.6. The van der Waals surface area contributed by atoms with Crippen molar-refractivity contribution in [3.8, 4) is 11.1 Å². The minimum Gasteiger partial charge on any atom is -0.312 e. The fourth-order valence-electron chi connectivity index (χ4n) is 1.88. The molecule has 0 fully saturated rings. The van der Waals surface area contributed by atoms with E-state index in [0.717, 1.165) is 16.6 Å². The van der Waals surface area contributed by atoms with Crippen molar-refractivity contribution >= 4 is 21.6 Å². The predicted molar refractivity (Wildman–Crippen MR) is 70.4 cm³/mol. The summed E-state index contributed by atoms with van der Waals surface area (Å²) in [5.74, 6) is 0. The smallest absolute Gasteiger partial charge is 0.268 e. The summed E-state index contributed by atoms with van der Waals surface area (Å²) in [5.41, 5.74) is 4.05. The number of fused-ring (bicyclic) bond motifs is 1. The van der Waals surface area contributed by atoms with E-state index >= 15 is 0 Å². The molecule has 2 aromatic heterocycles. The van der Waals surface area contributed by atoms with Gasteiger partial charge in [0.2, 0.25) is 0 Å². The lowest BCUT2D eigenvalue weighted by Gasteiger charge is -2.00. The molecule has 3 rings (SSSR count). The zero-order chi connectivity index (χ0) is 11.8. The summed E-state index contributed by atoms with van der Waals surface area (Å²) in [6.45, 7) is 2.05. The van der Waals surface area contributed by atoms with Gasteiger partial charge in [-0.05, 0) is 12.5 Å². The van der Waals surface area contributed by atoms with Crippen LogP contribution in [-0.2, 0) is 0 Å². The molecule has 0 aliphatic rings. The fraction of sp³-hybridized carbons (Fsp3) is 0.0769.